The van der Waals surface area contributed by atoms with Gasteiger partial charge in [0, 0.05) is 10.4 Å². The summed E-state index contributed by atoms with van der Waals surface area (Å²) in [5.41, 5.74) is 1.37. The average molecular weight is 341 g/mol. The lowest BCUT2D eigenvalue weighted by atomic mass is 10.3. The van der Waals surface area contributed by atoms with Crippen molar-refractivity contribution in [2.24, 2.45) is 0 Å². The first-order chi connectivity index (χ1) is 7.61. The SMILES string of the molecule is Clc1cc(Cl)c(-n2cc(CBr)nn2)c(Cl)c1. The van der Waals surface area contributed by atoms with Crippen molar-refractivity contribution in [2.45, 2.75) is 5.33 Å². The van der Waals surface area contributed by atoms with E-state index in [-0.39, 0.29) is 0 Å². The summed E-state index contributed by atoms with van der Waals surface area (Å²) in [4.78, 5) is 0. The third-order valence-electron chi connectivity index (χ3n) is 1.89. The van der Waals surface area contributed by atoms with Gasteiger partial charge < -0.3 is 0 Å². The molecule has 0 bridgehead atoms. The van der Waals surface area contributed by atoms with E-state index in [2.05, 4.69) is 26.2 Å². The van der Waals surface area contributed by atoms with Crippen LogP contribution in [0.15, 0.2) is 18.3 Å². The summed E-state index contributed by atoms with van der Waals surface area (Å²) in [7, 11) is 0. The average Bonchev–Trinajstić information content (AvgIpc) is 2.64. The van der Waals surface area contributed by atoms with E-state index < -0.39 is 0 Å². The van der Waals surface area contributed by atoms with Crippen molar-refractivity contribution in [1.29, 1.82) is 0 Å². The van der Waals surface area contributed by atoms with E-state index in [0.717, 1.165) is 5.69 Å². The number of aromatic nitrogens is 3. The molecule has 0 saturated heterocycles. The summed E-state index contributed by atoms with van der Waals surface area (Å²) in [6, 6.07) is 3.22. The monoisotopic (exact) mass is 339 g/mol. The Morgan fingerprint density at radius 3 is 2.31 bits per heavy atom. The van der Waals surface area contributed by atoms with Crippen molar-refractivity contribution >= 4 is 50.7 Å². The molecule has 1 aromatic heterocycles. The Morgan fingerprint density at radius 2 is 1.81 bits per heavy atom. The zero-order valence-electron chi connectivity index (χ0n) is 7.79. The molecule has 0 unspecified atom stereocenters. The van der Waals surface area contributed by atoms with Crippen LogP contribution in [-0.4, -0.2) is 15.0 Å². The fourth-order valence-electron chi connectivity index (χ4n) is 1.22. The molecule has 0 aliphatic heterocycles. The minimum absolute atomic E-state index is 0.434. The Morgan fingerprint density at radius 1 is 1.19 bits per heavy atom. The molecule has 3 nitrogen and oxygen atoms in total. The first-order valence-electron chi connectivity index (χ1n) is 4.24. The molecular weight excluding hydrogens is 336 g/mol. The van der Waals surface area contributed by atoms with Gasteiger partial charge in [-0.3, -0.25) is 0 Å². The van der Waals surface area contributed by atoms with Crippen LogP contribution in [0.5, 0.6) is 0 Å². The lowest BCUT2D eigenvalue weighted by Crippen LogP contribution is -1.97. The lowest BCUT2D eigenvalue weighted by Gasteiger charge is -2.06. The van der Waals surface area contributed by atoms with Crippen LogP contribution in [0.1, 0.15) is 5.69 Å². The quantitative estimate of drug-likeness (QED) is 0.769. The van der Waals surface area contributed by atoms with Gasteiger partial charge in [-0.15, -0.1) is 5.10 Å². The number of benzene rings is 1. The second kappa shape index (κ2) is 4.92. The zero-order valence-corrected chi connectivity index (χ0v) is 11.6. The van der Waals surface area contributed by atoms with Gasteiger partial charge in [-0.2, -0.15) is 0 Å². The van der Waals surface area contributed by atoms with Gasteiger partial charge in [0.2, 0.25) is 0 Å². The molecule has 1 heterocycles. The molecule has 1 aromatic carbocycles. The Hall–Kier alpha value is -0.290. The minimum Gasteiger partial charge on any atom is -0.217 e. The van der Waals surface area contributed by atoms with Gasteiger partial charge in [-0.25, -0.2) is 4.68 Å². The molecule has 2 rings (SSSR count). The summed E-state index contributed by atoms with van der Waals surface area (Å²) < 4.78 is 1.53. The lowest BCUT2D eigenvalue weighted by molar-refractivity contribution is 0.801. The topological polar surface area (TPSA) is 30.7 Å². The molecule has 84 valence electrons. The highest BCUT2D eigenvalue weighted by Crippen LogP contribution is 2.31. The van der Waals surface area contributed by atoms with Crippen LogP contribution >= 0.6 is 50.7 Å². The van der Waals surface area contributed by atoms with E-state index in [1.54, 1.807) is 18.3 Å². The fraction of sp³-hybridized carbons (Fsp3) is 0.111. The highest BCUT2D eigenvalue weighted by Gasteiger charge is 2.11. The van der Waals surface area contributed by atoms with Crippen molar-refractivity contribution in [2.75, 3.05) is 0 Å². The number of alkyl halides is 1. The molecule has 7 heteroatoms. The smallest absolute Gasteiger partial charge is 0.104 e. The van der Waals surface area contributed by atoms with Gasteiger partial charge >= 0.3 is 0 Å². The molecular formula is C9H5BrCl3N3. The number of hydrogen-bond donors (Lipinski definition) is 0. The van der Waals surface area contributed by atoms with Gasteiger partial charge in [0.05, 0.1) is 21.9 Å². The van der Waals surface area contributed by atoms with Crippen LogP contribution in [0.2, 0.25) is 15.1 Å². The van der Waals surface area contributed by atoms with Crippen LogP contribution in [0, 0.1) is 0 Å². The largest absolute Gasteiger partial charge is 0.217 e. The molecule has 2 aromatic rings. The van der Waals surface area contributed by atoms with E-state index in [1.165, 1.54) is 4.68 Å². The van der Waals surface area contributed by atoms with Gasteiger partial charge in [-0.1, -0.05) is 55.9 Å². The van der Waals surface area contributed by atoms with Crippen molar-refractivity contribution in [3.63, 3.8) is 0 Å². The second-order valence-electron chi connectivity index (χ2n) is 3.01. The maximum atomic E-state index is 6.05. The van der Waals surface area contributed by atoms with Crippen molar-refractivity contribution in [3.05, 3.63) is 39.1 Å². The predicted octanol–water partition coefficient (Wildman–Crippen LogP) is 4.12. The van der Waals surface area contributed by atoms with Crippen molar-refractivity contribution in [3.8, 4) is 5.69 Å². The van der Waals surface area contributed by atoms with Crippen LogP contribution in [0.3, 0.4) is 0 Å². The highest BCUT2D eigenvalue weighted by atomic mass is 79.9. The summed E-state index contributed by atoms with van der Waals surface area (Å²) >= 11 is 21.2. The fourth-order valence-corrected chi connectivity index (χ4v) is 2.47. The van der Waals surface area contributed by atoms with Gasteiger partial charge in [0.15, 0.2) is 0 Å². The van der Waals surface area contributed by atoms with Crippen LogP contribution < -0.4 is 0 Å². The first kappa shape index (κ1) is 12.2. The number of halogens is 4. The second-order valence-corrected chi connectivity index (χ2v) is 4.82. The van der Waals surface area contributed by atoms with Crippen LogP contribution in [0.25, 0.3) is 5.69 Å². The third-order valence-corrected chi connectivity index (χ3v) is 3.26. The standard InChI is InChI=1S/C9H5BrCl3N3/c10-3-6-4-16(15-14-6)9-7(12)1-5(11)2-8(9)13/h1-2,4H,3H2. The zero-order chi connectivity index (χ0) is 11.7. The summed E-state index contributed by atoms with van der Waals surface area (Å²) in [5, 5.41) is 9.84. The van der Waals surface area contributed by atoms with Gasteiger partial charge in [0.25, 0.3) is 0 Å². The molecule has 16 heavy (non-hydrogen) atoms. The molecule has 0 spiro atoms. The van der Waals surface area contributed by atoms with E-state index in [4.69, 9.17) is 34.8 Å². The summed E-state index contributed by atoms with van der Waals surface area (Å²) in [6.07, 6.45) is 1.75. The van der Waals surface area contributed by atoms with E-state index in [9.17, 15) is 0 Å². The van der Waals surface area contributed by atoms with E-state index in [0.29, 0.717) is 26.1 Å². The summed E-state index contributed by atoms with van der Waals surface area (Å²) in [5.74, 6) is 0. The molecule has 0 radical (unpaired) electrons. The summed E-state index contributed by atoms with van der Waals surface area (Å²) in [6.45, 7) is 0. The Kier molecular flexibility index (Phi) is 3.74. The first-order valence-corrected chi connectivity index (χ1v) is 6.49. The molecule has 0 aliphatic rings. The highest BCUT2D eigenvalue weighted by molar-refractivity contribution is 9.08. The van der Waals surface area contributed by atoms with Crippen LogP contribution in [0.4, 0.5) is 0 Å². The molecule has 0 fully saturated rings. The molecule has 0 atom stereocenters. The number of nitrogens with zero attached hydrogens (tertiary/aromatic N) is 3. The van der Waals surface area contributed by atoms with Gasteiger partial charge in [-0.05, 0) is 12.1 Å². The van der Waals surface area contributed by atoms with Crippen LogP contribution in [-0.2, 0) is 5.33 Å². The van der Waals surface area contributed by atoms with Crippen molar-refractivity contribution in [1.82, 2.24) is 15.0 Å². The number of hydrogen-bond acceptors (Lipinski definition) is 2. The van der Waals surface area contributed by atoms with Crippen molar-refractivity contribution < 1.29 is 0 Å². The van der Waals surface area contributed by atoms with Gasteiger partial charge in [0.1, 0.15) is 5.69 Å². The molecule has 0 saturated carbocycles. The number of rotatable bonds is 2. The molecule has 0 N–H and O–H groups in total. The predicted molar refractivity (Wildman–Crippen MR) is 69.0 cm³/mol. The Balaban J connectivity index is 2.55. The van der Waals surface area contributed by atoms with E-state index in [1.807, 2.05) is 0 Å². The molecule has 0 amide bonds. The maximum Gasteiger partial charge on any atom is 0.104 e. The van der Waals surface area contributed by atoms with E-state index >= 15 is 0 Å². The Labute approximate surface area is 115 Å². The molecule has 0 aliphatic carbocycles. The Bertz CT molecular complexity index is 503. The minimum atomic E-state index is 0.434. The maximum absolute atomic E-state index is 6.05. The normalized spacial score (nSPS) is 10.8. The third kappa shape index (κ3) is 2.35.